The van der Waals surface area contributed by atoms with E-state index in [1.807, 2.05) is 27.7 Å². The first-order chi connectivity index (χ1) is 15.2. The summed E-state index contributed by atoms with van der Waals surface area (Å²) in [5.41, 5.74) is -1.85. The summed E-state index contributed by atoms with van der Waals surface area (Å²) < 4.78 is 12.0. The first kappa shape index (κ1) is 25.0. The van der Waals surface area contributed by atoms with E-state index < -0.39 is 41.1 Å². The summed E-state index contributed by atoms with van der Waals surface area (Å²) in [7, 11) is 0. The number of hydrogen-bond acceptors (Lipinski definition) is 6. The zero-order chi connectivity index (χ0) is 23.7. The predicted octanol–water partition coefficient (Wildman–Crippen LogP) is 2.03. The second-order valence-corrected chi connectivity index (χ2v) is 9.94. The van der Waals surface area contributed by atoms with Crippen molar-refractivity contribution in [2.75, 3.05) is 19.8 Å². The molecule has 182 valence electrons. The Bertz CT molecular complexity index is 727. The van der Waals surface area contributed by atoms with Gasteiger partial charge in [0.2, 0.25) is 11.8 Å². The maximum atomic E-state index is 13.9. The SMILES string of the molecule is CCCCNC(=O)C1N([C@@H](CO)CC(C)C)C(=O)[C@@H]2[C@H](C(=O)OCC)[C@]3(CC)CCC12O3. The molecule has 3 heterocycles. The average Bonchev–Trinajstić information content (AvgIpc) is 3.36. The Hall–Kier alpha value is -1.67. The predicted molar refractivity (Wildman–Crippen MR) is 119 cm³/mol. The molecule has 3 aliphatic rings. The highest BCUT2D eigenvalue weighted by molar-refractivity contribution is 5.98. The summed E-state index contributed by atoms with van der Waals surface area (Å²) in [4.78, 5) is 42.1. The van der Waals surface area contributed by atoms with Crippen molar-refractivity contribution < 1.29 is 29.0 Å². The quantitative estimate of drug-likeness (QED) is 0.367. The number of esters is 1. The number of aliphatic hydroxyl groups excluding tert-OH is 1. The lowest BCUT2D eigenvalue weighted by Crippen LogP contribution is -2.58. The van der Waals surface area contributed by atoms with Crippen LogP contribution in [0.5, 0.6) is 0 Å². The third-order valence-corrected chi connectivity index (χ3v) is 7.58. The van der Waals surface area contributed by atoms with E-state index in [4.69, 9.17) is 9.47 Å². The Kier molecular flexibility index (Phi) is 7.55. The van der Waals surface area contributed by atoms with Crippen LogP contribution >= 0.6 is 0 Å². The minimum Gasteiger partial charge on any atom is -0.466 e. The molecule has 2 N–H and O–H groups in total. The molecule has 0 aliphatic carbocycles. The van der Waals surface area contributed by atoms with Crippen molar-refractivity contribution in [2.24, 2.45) is 17.8 Å². The highest BCUT2D eigenvalue weighted by Crippen LogP contribution is 2.64. The van der Waals surface area contributed by atoms with Crippen LogP contribution in [0.3, 0.4) is 0 Å². The highest BCUT2D eigenvalue weighted by Gasteiger charge is 2.79. The van der Waals surface area contributed by atoms with Crippen molar-refractivity contribution in [3.8, 4) is 0 Å². The molecule has 2 unspecified atom stereocenters. The monoisotopic (exact) mass is 452 g/mol. The summed E-state index contributed by atoms with van der Waals surface area (Å²) in [6.45, 7) is 10.3. The minimum atomic E-state index is -1.06. The van der Waals surface area contributed by atoms with E-state index in [1.165, 1.54) is 0 Å². The van der Waals surface area contributed by atoms with Crippen LogP contribution in [0.25, 0.3) is 0 Å². The molecule has 1 spiro atoms. The van der Waals surface area contributed by atoms with Crippen LogP contribution in [0.15, 0.2) is 0 Å². The van der Waals surface area contributed by atoms with Crippen LogP contribution < -0.4 is 5.32 Å². The van der Waals surface area contributed by atoms with Gasteiger partial charge in [0, 0.05) is 6.54 Å². The molecule has 2 amide bonds. The van der Waals surface area contributed by atoms with Gasteiger partial charge >= 0.3 is 5.97 Å². The number of fused-ring (bicyclic) bond motifs is 1. The molecule has 8 heteroatoms. The van der Waals surface area contributed by atoms with Gasteiger partial charge in [-0.2, -0.15) is 0 Å². The number of likely N-dealkylation sites (tertiary alicyclic amines) is 1. The number of carbonyl (C=O) groups excluding carboxylic acids is 3. The molecule has 6 atom stereocenters. The largest absolute Gasteiger partial charge is 0.466 e. The van der Waals surface area contributed by atoms with Crippen LogP contribution in [-0.4, -0.2) is 70.8 Å². The molecule has 0 aromatic carbocycles. The zero-order valence-electron chi connectivity index (χ0n) is 20.2. The van der Waals surface area contributed by atoms with Crippen LogP contribution in [0.1, 0.15) is 73.1 Å². The molecule has 0 aromatic heterocycles. The lowest BCUT2D eigenvalue weighted by atomic mass is 9.65. The van der Waals surface area contributed by atoms with E-state index in [0.29, 0.717) is 32.2 Å². The van der Waals surface area contributed by atoms with Gasteiger partial charge in [-0.15, -0.1) is 0 Å². The Morgan fingerprint density at radius 1 is 1.28 bits per heavy atom. The molecule has 3 rings (SSSR count). The summed E-state index contributed by atoms with van der Waals surface area (Å²) in [5, 5.41) is 13.2. The minimum absolute atomic E-state index is 0.223. The smallest absolute Gasteiger partial charge is 0.312 e. The number of amides is 2. The fourth-order valence-corrected chi connectivity index (χ4v) is 6.24. The van der Waals surface area contributed by atoms with Gasteiger partial charge in [-0.1, -0.05) is 34.1 Å². The van der Waals surface area contributed by atoms with E-state index in [-0.39, 0.29) is 30.9 Å². The fourth-order valence-electron chi connectivity index (χ4n) is 6.24. The molecular weight excluding hydrogens is 412 g/mol. The number of hydrogen-bond donors (Lipinski definition) is 2. The summed E-state index contributed by atoms with van der Waals surface area (Å²) in [6, 6.07) is -1.37. The molecular formula is C24H40N2O6. The van der Waals surface area contributed by atoms with Crippen LogP contribution in [0.4, 0.5) is 0 Å². The molecule has 0 radical (unpaired) electrons. The Labute approximate surface area is 191 Å². The van der Waals surface area contributed by atoms with Crippen molar-refractivity contribution in [1.29, 1.82) is 0 Å². The van der Waals surface area contributed by atoms with Crippen LogP contribution in [0, 0.1) is 17.8 Å². The van der Waals surface area contributed by atoms with Gasteiger partial charge in [-0.3, -0.25) is 14.4 Å². The van der Waals surface area contributed by atoms with Gasteiger partial charge in [-0.25, -0.2) is 0 Å². The molecule has 8 nitrogen and oxygen atoms in total. The molecule has 3 saturated heterocycles. The van der Waals surface area contributed by atoms with E-state index >= 15 is 0 Å². The topological polar surface area (TPSA) is 105 Å². The molecule has 0 saturated carbocycles. The normalized spacial score (nSPS) is 34.2. The van der Waals surface area contributed by atoms with Crippen molar-refractivity contribution >= 4 is 17.8 Å². The number of nitrogens with one attached hydrogen (secondary N) is 1. The standard InChI is InChI=1S/C24H40N2O6/c1-6-9-12-25-20(28)19-24-11-10-23(7-2,32-24)18(22(30)31-8-3)17(24)21(29)26(19)16(14-27)13-15(4)5/h15-19,27H,6-14H2,1-5H3,(H,25,28)/t16-,17+,18-,19?,23+,24?/m1/s1. The number of ether oxygens (including phenoxy) is 2. The van der Waals surface area contributed by atoms with E-state index in [0.717, 1.165) is 12.8 Å². The Balaban J connectivity index is 2.06. The number of carbonyl (C=O) groups is 3. The van der Waals surface area contributed by atoms with E-state index in [2.05, 4.69) is 5.32 Å². The van der Waals surface area contributed by atoms with E-state index in [1.54, 1.807) is 11.8 Å². The fraction of sp³-hybridized carbons (Fsp3) is 0.875. The van der Waals surface area contributed by atoms with Crippen molar-refractivity contribution in [3.05, 3.63) is 0 Å². The third-order valence-electron chi connectivity index (χ3n) is 7.58. The Morgan fingerprint density at radius 3 is 2.56 bits per heavy atom. The van der Waals surface area contributed by atoms with Gasteiger partial charge in [0.25, 0.3) is 0 Å². The van der Waals surface area contributed by atoms with Gasteiger partial charge in [0.1, 0.15) is 17.6 Å². The average molecular weight is 453 g/mol. The van der Waals surface area contributed by atoms with Crippen molar-refractivity contribution in [2.45, 2.75) is 96.4 Å². The number of rotatable bonds is 11. The van der Waals surface area contributed by atoms with Gasteiger partial charge < -0.3 is 24.8 Å². The second-order valence-electron chi connectivity index (χ2n) is 9.94. The summed E-state index contributed by atoms with van der Waals surface area (Å²) in [5.74, 6) is -2.23. The first-order valence-electron chi connectivity index (χ1n) is 12.3. The molecule has 3 fully saturated rings. The highest BCUT2D eigenvalue weighted by atomic mass is 16.6. The zero-order valence-corrected chi connectivity index (χ0v) is 20.2. The summed E-state index contributed by atoms with van der Waals surface area (Å²) in [6.07, 6.45) is 4.05. The van der Waals surface area contributed by atoms with Gasteiger partial charge in [-0.05, 0) is 44.9 Å². The molecule has 32 heavy (non-hydrogen) atoms. The maximum absolute atomic E-state index is 13.9. The number of aliphatic hydroxyl groups is 1. The maximum Gasteiger partial charge on any atom is 0.312 e. The van der Waals surface area contributed by atoms with Crippen LogP contribution in [0.2, 0.25) is 0 Å². The number of nitrogens with zero attached hydrogens (tertiary/aromatic N) is 1. The molecule has 0 aromatic rings. The molecule has 2 bridgehead atoms. The number of unbranched alkanes of at least 4 members (excludes halogenated alkanes) is 1. The lowest BCUT2D eigenvalue weighted by molar-refractivity contribution is -0.162. The first-order valence-corrected chi connectivity index (χ1v) is 12.3. The Morgan fingerprint density at radius 2 is 2.00 bits per heavy atom. The van der Waals surface area contributed by atoms with Crippen molar-refractivity contribution in [3.63, 3.8) is 0 Å². The van der Waals surface area contributed by atoms with Gasteiger partial charge in [0.05, 0.1) is 30.8 Å². The van der Waals surface area contributed by atoms with Crippen molar-refractivity contribution in [1.82, 2.24) is 10.2 Å². The third kappa shape index (κ3) is 3.83. The second kappa shape index (κ2) is 9.67. The lowest BCUT2D eigenvalue weighted by Gasteiger charge is -2.37. The summed E-state index contributed by atoms with van der Waals surface area (Å²) >= 11 is 0. The van der Waals surface area contributed by atoms with Crippen LogP contribution in [-0.2, 0) is 23.9 Å². The van der Waals surface area contributed by atoms with Gasteiger partial charge in [0.15, 0.2) is 0 Å². The van der Waals surface area contributed by atoms with E-state index in [9.17, 15) is 19.5 Å². The molecule has 3 aliphatic heterocycles.